The minimum Gasteiger partial charge on any atom is -0.490 e. The van der Waals surface area contributed by atoms with E-state index in [0.717, 1.165) is 38.8 Å². The van der Waals surface area contributed by atoms with Gasteiger partial charge in [-0.2, -0.15) is 0 Å². The molecule has 20 heavy (non-hydrogen) atoms. The minimum atomic E-state index is -0.201. The number of nitrogens with one attached hydrogen (secondary N) is 1. The van der Waals surface area contributed by atoms with Crippen molar-refractivity contribution in [3.8, 4) is 11.5 Å². The maximum absolute atomic E-state index is 14.5. The van der Waals surface area contributed by atoms with Gasteiger partial charge in [-0.05, 0) is 54.2 Å². The lowest BCUT2D eigenvalue weighted by atomic mass is 9.90. The van der Waals surface area contributed by atoms with Gasteiger partial charge in [-0.3, -0.25) is 0 Å². The molecule has 0 atom stereocenters. The molecule has 1 saturated heterocycles. The molecule has 0 saturated carbocycles. The van der Waals surface area contributed by atoms with Gasteiger partial charge in [0.15, 0.2) is 11.5 Å². The number of fused-ring (bicyclic) bond motifs is 1. The molecule has 0 unspecified atom stereocenters. The van der Waals surface area contributed by atoms with Gasteiger partial charge in [-0.1, -0.05) is 0 Å². The fourth-order valence-corrected chi connectivity index (χ4v) is 3.32. The second-order valence-electron chi connectivity index (χ2n) is 5.43. The highest BCUT2D eigenvalue weighted by Gasteiger charge is 2.24. The summed E-state index contributed by atoms with van der Waals surface area (Å²) in [5.74, 6) is 1.59. The van der Waals surface area contributed by atoms with Crippen molar-refractivity contribution in [2.75, 3.05) is 26.3 Å². The van der Waals surface area contributed by atoms with Crippen molar-refractivity contribution in [3.63, 3.8) is 0 Å². The van der Waals surface area contributed by atoms with Crippen LogP contribution in [0.5, 0.6) is 11.5 Å². The van der Waals surface area contributed by atoms with E-state index in [1.54, 1.807) is 6.07 Å². The fourth-order valence-electron chi connectivity index (χ4n) is 2.87. The third-order valence-electron chi connectivity index (χ3n) is 3.97. The Morgan fingerprint density at radius 3 is 2.80 bits per heavy atom. The van der Waals surface area contributed by atoms with Crippen molar-refractivity contribution >= 4 is 15.9 Å². The van der Waals surface area contributed by atoms with Crippen LogP contribution in [0.3, 0.4) is 0 Å². The smallest absolute Gasteiger partial charge is 0.167 e. The summed E-state index contributed by atoms with van der Waals surface area (Å²) in [4.78, 5) is 0. The van der Waals surface area contributed by atoms with Gasteiger partial charge in [0, 0.05) is 18.1 Å². The van der Waals surface area contributed by atoms with Crippen LogP contribution >= 0.6 is 15.9 Å². The number of piperidine rings is 1. The number of ether oxygens (including phenoxy) is 2. The second-order valence-corrected chi connectivity index (χ2v) is 6.28. The van der Waals surface area contributed by atoms with Gasteiger partial charge in [-0.15, -0.1) is 0 Å². The summed E-state index contributed by atoms with van der Waals surface area (Å²) in [6, 6.07) is 1.68. The predicted molar refractivity (Wildman–Crippen MR) is 79.0 cm³/mol. The molecule has 5 heteroatoms. The lowest BCUT2D eigenvalue weighted by molar-refractivity contribution is 0.294. The molecule has 0 amide bonds. The third-order valence-corrected chi connectivity index (χ3v) is 4.55. The molecule has 3 nitrogen and oxygen atoms in total. The molecule has 110 valence electrons. The molecule has 2 heterocycles. The Balaban J connectivity index is 1.92. The van der Waals surface area contributed by atoms with E-state index in [-0.39, 0.29) is 5.82 Å². The average molecular weight is 344 g/mol. The Bertz CT molecular complexity index is 489. The van der Waals surface area contributed by atoms with Crippen LogP contribution < -0.4 is 14.8 Å². The van der Waals surface area contributed by atoms with Crippen LogP contribution in [0, 0.1) is 11.7 Å². The molecular formula is C15H19BrFNO2. The van der Waals surface area contributed by atoms with Gasteiger partial charge in [0.25, 0.3) is 0 Å². The first kappa shape index (κ1) is 14.1. The Morgan fingerprint density at radius 1 is 1.25 bits per heavy atom. The lowest BCUT2D eigenvalue weighted by Gasteiger charge is -2.24. The van der Waals surface area contributed by atoms with Crippen molar-refractivity contribution < 1.29 is 13.9 Å². The maximum atomic E-state index is 14.5. The summed E-state index contributed by atoms with van der Waals surface area (Å²) in [6.07, 6.45) is 3.72. The average Bonchev–Trinajstić information content (AvgIpc) is 2.70. The molecule has 0 spiro atoms. The van der Waals surface area contributed by atoms with Crippen molar-refractivity contribution in [1.82, 2.24) is 5.32 Å². The monoisotopic (exact) mass is 343 g/mol. The van der Waals surface area contributed by atoms with Crippen LogP contribution in [0.1, 0.15) is 24.8 Å². The number of hydrogen-bond donors (Lipinski definition) is 1. The standard InChI is InChI=1S/C15H19BrFNO2/c16-12-9-13-15(20-7-1-6-19-13)11(14(12)17)8-10-2-4-18-5-3-10/h9-10,18H,1-8H2. The minimum absolute atomic E-state index is 0.201. The zero-order chi connectivity index (χ0) is 13.9. The molecular weight excluding hydrogens is 325 g/mol. The summed E-state index contributed by atoms with van der Waals surface area (Å²) in [7, 11) is 0. The predicted octanol–water partition coefficient (Wildman–Crippen LogP) is 3.29. The molecule has 0 radical (unpaired) electrons. The van der Waals surface area contributed by atoms with Gasteiger partial charge in [-0.25, -0.2) is 4.39 Å². The lowest BCUT2D eigenvalue weighted by Crippen LogP contribution is -2.29. The Labute approximate surface area is 127 Å². The van der Waals surface area contributed by atoms with Crippen molar-refractivity contribution in [2.45, 2.75) is 25.7 Å². The zero-order valence-electron chi connectivity index (χ0n) is 11.4. The van der Waals surface area contributed by atoms with Crippen molar-refractivity contribution in [3.05, 3.63) is 21.9 Å². The second kappa shape index (κ2) is 6.31. The largest absolute Gasteiger partial charge is 0.490 e. The van der Waals surface area contributed by atoms with Gasteiger partial charge in [0.2, 0.25) is 0 Å². The van der Waals surface area contributed by atoms with Crippen LogP contribution in [-0.2, 0) is 6.42 Å². The summed E-state index contributed by atoms with van der Waals surface area (Å²) in [5.41, 5.74) is 0.670. The van der Waals surface area contributed by atoms with Gasteiger partial charge < -0.3 is 14.8 Å². The number of hydrogen-bond acceptors (Lipinski definition) is 3. The van der Waals surface area contributed by atoms with E-state index in [1.165, 1.54) is 0 Å². The van der Waals surface area contributed by atoms with E-state index < -0.39 is 0 Å². The van der Waals surface area contributed by atoms with Crippen LogP contribution in [0.4, 0.5) is 4.39 Å². The highest BCUT2D eigenvalue weighted by Crippen LogP contribution is 2.40. The Hall–Kier alpha value is -0.810. The highest BCUT2D eigenvalue weighted by atomic mass is 79.9. The molecule has 3 rings (SSSR count). The molecule has 1 aromatic rings. The number of rotatable bonds is 2. The quantitative estimate of drug-likeness (QED) is 0.893. The SMILES string of the molecule is Fc1c(Br)cc2c(c1CC1CCNCC1)OCCCO2. The van der Waals surface area contributed by atoms with Gasteiger partial charge >= 0.3 is 0 Å². The van der Waals surface area contributed by atoms with E-state index in [4.69, 9.17) is 9.47 Å². The van der Waals surface area contributed by atoms with Gasteiger partial charge in [0.1, 0.15) is 5.82 Å². The third kappa shape index (κ3) is 2.93. The summed E-state index contributed by atoms with van der Waals surface area (Å²) in [6.45, 7) is 3.24. The molecule has 0 bridgehead atoms. The van der Waals surface area contributed by atoms with Gasteiger partial charge in [0.05, 0.1) is 17.7 Å². The summed E-state index contributed by atoms with van der Waals surface area (Å²) >= 11 is 3.29. The van der Waals surface area contributed by atoms with E-state index in [2.05, 4.69) is 21.2 Å². The molecule has 0 aliphatic carbocycles. The maximum Gasteiger partial charge on any atom is 0.167 e. The molecule has 2 aliphatic heterocycles. The molecule has 0 aromatic heterocycles. The van der Waals surface area contributed by atoms with Crippen LogP contribution in [0.25, 0.3) is 0 Å². The van der Waals surface area contributed by atoms with E-state index in [0.29, 0.717) is 40.7 Å². The molecule has 1 aromatic carbocycles. The summed E-state index contributed by atoms with van der Waals surface area (Å²) in [5, 5.41) is 3.34. The van der Waals surface area contributed by atoms with Crippen LogP contribution in [-0.4, -0.2) is 26.3 Å². The first-order valence-electron chi connectivity index (χ1n) is 7.23. The normalized spacial score (nSPS) is 19.7. The topological polar surface area (TPSA) is 30.5 Å². The van der Waals surface area contributed by atoms with Crippen LogP contribution in [0.2, 0.25) is 0 Å². The molecule has 2 aliphatic rings. The van der Waals surface area contributed by atoms with Crippen molar-refractivity contribution in [2.24, 2.45) is 5.92 Å². The number of halogens is 2. The Morgan fingerprint density at radius 2 is 2.00 bits per heavy atom. The first-order valence-corrected chi connectivity index (χ1v) is 8.02. The molecule has 1 N–H and O–H groups in total. The first-order chi connectivity index (χ1) is 9.75. The van der Waals surface area contributed by atoms with Crippen LogP contribution in [0.15, 0.2) is 10.5 Å². The van der Waals surface area contributed by atoms with Crippen molar-refractivity contribution in [1.29, 1.82) is 0 Å². The zero-order valence-corrected chi connectivity index (χ0v) is 13.0. The van der Waals surface area contributed by atoms with E-state index in [9.17, 15) is 4.39 Å². The van der Waals surface area contributed by atoms with E-state index in [1.807, 2.05) is 0 Å². The Kier molecular flexibility index (Phi) is 4.46. The molecule has 1 fully saturated rings. The fraction of sp³-hybridized carbons (Fsp3) is 0.600. The number of benzene rings is 1. The highest BCUT2D eigenvalue weighted by molar-refractivity contribution is 9.10. The summed E-state index contributed by atoms with van der Waals surface area (Å²) < 4.78 is 26.4. The van der Waals surface area contributed by atoms with E-state index >= 15 is 0 Å².